The van der Waals surface area contributed by atoms with Crippen molar-refractivity contribution in [3.8, 4) is 0 Å². The van der Waals surface area contributed by atoms with Gasteiger partial charge in [-0.25, -0.2) is 9.18 Å². The van der Waals surface area contributed by atoms with E-state index in [1.165, 1.54) is 0 Å². The van der Waals surface area contributed by atoms with Gasteiger partial charge in [-0.3, -0.25) is 14.7 Å². The Kier molecular flexibility index (Phi) is 7.75. The van der Waals surface area contributed by atoms with Gasteiger partial charge in [0.25, 0.3) is 0 Å². The Morgan fingerprint density at radius 3 is 2.28 bits per heavy atom. The largest absolute Gasteiger partial charge is 0.444 e. The molecule has 3 heterocycles. The van der Waals surface area contributed by atoms with Crippen molar-refractivity contribution in [1.82, 2.24) is 19.7 Å². The number of hydrogen-bond donors (Lipinski definition) is 0. The summed E-state index contributed by atoms with van der Waals surface area (Å²) >= 11 is 0. The number of likely N-dealkylation sites (tertiary alicyclic amines) is 1. The van der Waals surface area contributed by atoms with Crippen molar-refractivity contribution in [2.24, 2.45) is 0 Å². The second-order valence-electron chi connectivity index (χ2n) is 9.81. The van der Waals surface area contributed by atoms with Gasteiger partial charge >= 0.3 is 6.09 Å². The molecule has 2 saturated heterocycles. The lowest BCUT2D eigenvalue weighted by atomic mass is 9.89. The molecular weight excluding hydrogens is 411 g/mol. The number of piperazine rings is 1. The molecule has 1 unspecified atom stereocenters. The lowest BCUT2D eigenvalue weighted by Crippen LogP contribution is -2.58. The summed E-state index contributed by atoms with van der Waals surface area (Å²) in [4.78, 5) is 35.6. The first-order valence-corrected chi connectivity index (χ1v) is 11.7. The summed E-state index contributed by atoms with van der Waals surface area (Å²) in [6.45, 7) is 10.8. The fourth-order valence-electron chi connectivity index (χ4n) is 4.45. The average Bonchev–Trinajstić information content (AvgIpc) is 2.77. The Labute approximate surface area is 190 Å². The Balaban J connectivity index is 1.57. The first kappa shape index (κ1) is 24.4. The topological polar surface area (TPSA) is 66.0 Å². The summed E-state index contributed by atoms with van der Waals surface area (Å²) < 4.78 is 20.9. The molecule has 0 spiro atoms. The van der Waals surface area contributed by atoms with E-state index in [-0.39, 0.29) is 30.9 Å². The number of pyridine rings is 1. The van der Waals surface area contributed by atoms with Crippen molar-refractivity contribution in [1.29, 1.82) is 0 Å². The van der Waals surface area contributed by atoms with Crippen molar-refractivity contribution in [3.63, 3.8) is 0 Å². The molecule has 3 rings (SSSR count). The zero-order valence-corrected chi connectivity index (χ0v) is 19.8. The summed E-state index contributed by atoms with van der Waals surface area (Å²) in [5, 5.41) is 0. The molecule has 0 saturated carbocycles. The van der Waals surface area contributed by atoms with Crippen molar-refractivity contribution in [3.05, 3.63) is 30.1 Å². The number of piperidine rings is 1. The normalized spacial score (nSPS) is 20.7. The minimum Gasteiger partial charge on any atom is -0.444 e. The van der Waals surface area contributed by atoms with Crippen LogP contribution in [0.15, 0.2) is 24.4 Å². The van der Waals surface area contributed by atoms with Crippen LogP contribution in [0.4, 0.5) is 9.18 Å². The number of ether oxygens (including phenoxy) is 1. The van der Waals surface area contributed by atoms with Crippen molar-refractivity contribution >= 4 is 12.0 Å². The Hall–Kier alpha value is -2.22. The van der Waals surface area contributed by atoms with E-state index in [1.54, 1.807) is 34.2 Å². The fraction of sp³-hybridized carbons (Fsp3) is 0.708. The number of amides is 2. The predicted molar refractivity (Wildman–Crippen MR) is 121 cm³/mol. The molecule has 1 atom stereocenters. The standard InChI is InChI=1S/C24H37FN4O3/c1-5-8-19(27-15-17-29(18-16-27)22(31)32-23(2,3)4)21(30)28-13-10-24(25,11-14-28)20-9-6-7-12-26-20/h6-7,9,12,19H,5,8,10-11,13-18H2,1-4H3. The van der Waals surface area contributed by atoms with Gasteiger partial charge in [-0.1, -0.05) is 19.4 Å². The molecule has 178 valence electrons. The minimum absolute atomic E-state index is 0.0700. The van der Waals surface area contributed by atoms with Gasteiger partial charge in [0.1, 0.15) is 5.60 Å². The van der Waals surface area contributed by atoms with Crippen LogP contribution >= 0.6 is 0 Å². The van der Waals surface area contributed by atoms with Gasteiger partial charge in [-0.15, -0.1) is 0 Å². The molecule has 0 bridgehead atoms. The summed E-state index contributed by atoms with van der Waals surface area (Å²) in [5.74, 6) is 0.0700. The van der Waals surface area contributed by atoms with E-state index in [9.17, 15) is 9.59 Å². The summed E-state index contributed by atoms with van der Waals surface area (Å²) in [6.07, 6.45) is 3.48. The van der Waals surface area contributed by atoms with Crippen molar-refractivity contribution in [2.45, 2.75) is 70.7 Å². The van der Waals surface area contributed by atoms with E-state index < -0.39 is 11.3 Å². The zero-order valence-electron chi connectivity index (χ0n) is 19.8. The van der Waals surface area contributed by atoms with Crippen LogP contribution in [0.2, 0.25) is 0 Å². The third-order valence-corrected chi connectivity index (χ3v) is 6.25. The van der Waals surface area contributed by atoms with Crippen molar-refractivity contribution in [2.75, 3.05) is 39.3 Å². The molecule has 2 aliphatic heterocycles. The quantitative estimate of drug-likeness (QED) is 0.689. The first-order chi connectivity index (χ1) is 15.1. The molecule has 7 nitrogen and oxygen atoms in total. The van der Waals surface area contributed by atoms with Crippen LogP contribution in [0.3, 0.4) is 0 Å². The molecule has 2 aliphatic rings. The predicted octanol–water partition coefficient (Wildman–Crippen LogP) is 3.59. The SMILES string of the molecule is CCCC(C(=O)N1CCC(F)(c2ccccn2)CC1)N1CCN(C(=O)OC(C)(C)C)CC1. The molecule has 2 fully saturated rings. The monoisotopic (exact) mass is 448 g/mol. The molecule has 8 heteroatoms. The van der Waals surface area contributed by atoms with E-state index in [2.05, 4.69) is 16.8 Å². The number of nitrogens with zero attached hydrogens (tertiary/aromatic N) is 4. The lowest BCUT2D eigenvalue weighted by molar-refractivity contribution is -0.141. The maximum Gasteiger partial charge on any atom is 0.410 e. The van der Waals surface area contributed by atoms with Gasteiger partial charge in [0, 0.05) is 58.3 Å². The molecule has 0 N–H and O–H groups in total. The third-order valence-electron chi connectivity index (χ3n) is 6.25. The van der Waals surface area contributed by atoms with Crippen LogP contribution in [0.5, 0.6) is 0 Å². The number of rotatable bonds is 5. The van der Waals surface area contributed by atoms with Crippen LogP contribution in [0, 0.1) is 0 Å². The summed E-state index contributed by atoms with van der Waals surface area (Å²) in [7, 11) is 0. The molecule has 32 heavy (non-hydrogen) atoms. The Morgan fingerprint density at radius 1 is 1.09 bits per heavy atom. The highest BCUT2D eigenvalue weighted by Crippen LogP contribution is 2.36. The zero-order chi connectivity index (χ0) is 23.4. The molecule has 0 radical (unpaired) electrons. The maximum absolute atomic E-state index is 15.4. The van der Waals surface area contributed by atoms with E-state index in [0.29, 0.717) is 45.0 Å². The number of carbonyl (C=O) groups excluding carboxylic acids is 2. The smallest absolute Gasteiger partial charge is 0.410 e. The van der Waals surface area contributed by atoms with Crippen LogP contribution in [0.1, 0.15) is 59.1 Å². The molecular formula is C24H37FN4O3. The van der Waals surface area contributed by atoms with Crippen LogP contribution < -0.4 is 0 Å². The van der Waals surface area contributed by atoms with E-state index >= 15 is 4.39 Å². The van der Waals surface area contributed by atoms with E-state index in [1.807, 2.05) is 20.8 Å². The van der Waals surface area contributed by atoms with E-state index in [4.69, 9.17) is 4.74 Å². The number of halogens is 1. The molecule has 0 aromatic carbocycles. The van der Waals surface area contributed by atoms with Crippen LogP contribution in [-0.2, 0) is 15.2 Å². The van der Waals surface area contributed by atoms with Crippen LogP contribution in [0.25, 0.3) is 0 Å². The van der Waals surface area contributed by atoms with Gasteiger partial charge in [0.15, 0.2) is 5.67 Å². The first-order valence-electron chi connectivity index (χ1n) is 11.7. The molecule has 2 amide bonds. The number of alkyl halides is 1. The highest BCUT2D eigenvalue weighted by Gasteiger charge is 2.41. The van der Waals surface area contributed by atoms with Crippen molar-refractivity contribution < 1.29 is 18.7 Å². The van der Waals surface area contributed by atoms with Gasteiger partial charge < -0.3 is 14.5 Å². The molecule has 0 aliphatic carbocycles. The highest BCUT2D eigenvalue weighted by atomic mass is 19.1. The maximum atomic E-state index is 15.4. The lowest BCUT2D eigenvalue weighted by Gasteiger charge is -2.42. The molecule has 1 aromatic heterocycles. The highest BCUT2D eigenvalue weighted by molar-refractivity contribution is 5.82. The second kappa shape index (κ2) is 10.1. The number of carbonyl (C=O) groups is 2. The Morgan fingerprint density at radius 2 is 1.75 bits per heavy atom. The number of hydrogen-bond acceptors (Lipinski definition) is 5. The van der Waals surface area contributed by atoms with E-state index in [0.717, 1.165) is 12.8 Å². The van der Waals surface area contributed by atoms with Gasteiger partial charge in [0.05, 0.1) is 11.7 Å². The number of aromatic nitrogens is 1. The third kappa shape index (κ3) is 5.97. The second-order valence-corrected chi connectivity index (χ2v) is 9.81. The van der Waals surface area contributed by atoms with Crippen LogP contribution in [-0.4, -0.2) is 82.6 Å². The fourth-order valence-corrected chi connectivity index (χ4v) is 4.45. The van der Waals surface area contributed by atoms with Gasteiger partial charge in [0.2, 0.25) is 5.91 Å². The summed E-state index contributed by atoms with van der Waals surface area (Å²) in [6, 6.07) is 5.07. The van der Waals surface area contributed by atoms with Gasteiger partial charge in [-0.2, -0.15) is 0 Å². The Bertz CT molecular complexity index is 767. The summed E-state index contributed by atoms with van der Waals surface area (Å²) in [5.41, 5.74) is -1.54. The average molecular weight is 449 g/mol. The van der Waals surface area contributed by atoms with Gasteiger partial charge in [-0.05, 0) is 39.3 Å². The minimum atomic E-state index is -1.47. The molecule has 1 aromatic rings.